The summed E-state index contributed by atoms with van der Waals surface area (Å²) in [6.45, 7) is 0. The van der Waals surface area contributed by atoms with Crippen molar-refractivity contribution >= 4 is 44.6 Å². The number of alkyl halides is 3. The van der Waals surface area contributed by atoms with Crippen LogP contribution >= 0.6 is 0 Å². The fourth-order valence-electron chi connectivity index (χ4n) is 7.06. The van der Waals surface area contributed by atoms with Crippen molar-refractivity contribution in [2.24, 2.45) is 17.0 Å². The number of nitrogens with zero attached hydrogens (tertiary/aromatic N) is 3. The average molecular weight is 698 g/mol. The molecule has 1 aromatic heterocycles. The standard InChI is InChI=1S/C47H34F3N3/c1-53-42-30-37(51-44(33-19-9-3-10-20-33)34-21-11-4-12-22-34)27-28-38(42)43-40(47(48,49)50)31-41(39(46(43)53)29-32-17-7-2-8-18-32)52-45(35-23-13-5-14-24-35)36-25-15-6-16-26-36/h2-28,30-31H,29H2,1H3. The number of fused-ring (bicyclic) bond motifs is 3. The van der Waals surface area contributed by atoms with Crippen molar-refractivity contribution < 1.29 is 13.2 Å². The fourth-order valence-corrected chi connectivity index (χ4v) is 7.06. The van der Waals surface area contributed by atoms with Gasteiger partial charge in [0, 0.05) is 52.1 Å². The molecule has 0 spiro atoms. The first-order valence-electron chi connectivity index (χ1n) is 17.4. The number of rotatable bonds is 8. The summed E-state index contributed by atoms with van der Waals surface area (Å²) < 4.78 is 47.9. The maximum absolute atomic E-state index is 15.3. The van der Waals surface area contributed by atoms with Crippen molar-refractivity contribution in [2.75, 3.05) is 0 Å². The number of hydrogen-bond acceptors (Lipinski definition) is 2. The Morgan fingerprint density at radius 1 is 0.547 bits per heavy atom. The van der Waals surface area contributed by atoms with E-state index in [0.717, 1.165) is 33.5 Å². The lowest BCUT2D eigenvalue weighted by atomic mass is 9.95. The largest absolute Gasteiger partial charge is 0.417 e. The fraction of sp³-hybridized carbons (Fsp3) is 0.0638. The lowest BCUT2D eigenvalue weighted by Gasteiger charge is -2.17. The van der Waals surface area contributed by atoms with Gasteiger partial charge in [-0.2, -0.15) is 13.2 Å². The Morgan fingerprint density at radius 3 is 1.47 bits per heavy atom. The summed E-state index contributed by atoms with van der Waals surface area (Å²) in [7, 11) is 1.84. The number of aromatic nitrogens is 1. The highest BCUT2D eigenvalue weighted by molar-refractivity contribution is 6.17. The van der Waals surface area contributed by atoms with Crippen LogP contribution in [-0.4, -0.2) is 16.0 Å². The molecule has 0 saturated heterocycles. The van der Waals surface area contributed by atoms with Crippen molar-refractivity contribution in [1.82, 2.24) is 4.57 Å². The van der Waals surface area contributed by atoms with Crippen LogP contribution in [0.4, 0.5) is 24.5 Å². The second kappa shape index (κ2) is 14.2. The zero-order valence-electron chi connectivity index (χ0n) is 28.9. The maximum atomic E-state index is 15.3. The van der Waals surface area contributed by atoms with Gasteiger partial charge in [0.05, 0.1) is 39.4 Å². The van der Waals surface area contributed by atoms with Crippen molar-refractivity contribution in [3.8, 4) is 0 Å². The minimum absolute atomic E-state index is 0.155. The highest BCUT2D eigenvalue weighted by Gasteiger charge is 2.36. The monoisotopic (exact) mass is 697 g/mol. The van der Waals surface area contributed by atoms with Crippen molar-refractivity contribution in [3.63, 3.8) is 0 Å². The molecule has 0 radical (unpaired) electrons. The van der Waals surface area contributed by atoms with E-state index in [1.165, 1.54) is 6.07 Å². The first kappa shape index (κ1) is 33.6. The molecular weight excluding hydrogens is 664 g/mol. The second-order valence-electron chi connectivity index (χ2n) is 13.0. The predicted octanol–water partition coefficient (Wildman–Crippen LogP) is 12.3. The van der Waals surface area contributed by atoms with Gasteiger partial charge in [0.15, 0.2) is 0 Å². The van der Waals surface area contributed by atoms with Crippen LogP contribution in [0.1, 0.15) is 38.9 Å². The molecule has 0 aliphatic carbocycles. The zero-order chi connectivity index (χ0) is 36.4. The normalized spacial score (nSPS) is 11.5. The molecule has 0 bridgehead atoms. The van der Waals surface area contributed by atoms with E-state index in [1.54, 1.807) is 12.1 Å². The van der Waals surface area contributed by atoms with Crippen LogP contribution in [0.25, 0.3) is 21.8 Å². The van der Waals surface area contributed by atoms with Gasteiger partial charge in [-0.15, -0.1) is 0 Å². The summed E-state index contributed by atoms with van der Waals surface area (Å²) in [4.78, 5) is 10.2. The number of aliphatic imine (C=N–C) groups is 2. The van der Waals surface area contributed by atoms with Gasteiger partial charge in [-0.05, 0) is 23.8 Å². The zero-order valence-corrected chi connectivity index (χ0v) is 28.9. The topological polar surface area (TPSA) is 29.6 Å². The van der Waals surface area contributed by atoms with Gasteiger partial charge in [0.1, 0.15) is 0 Å². The molecule has 0 saturated carbocycles. The molecule has 258 valence electrons. The minimum Gasteiger partial charge on any atom is -0.343 e. The van der Waals surface area contributed by atoms with E-state index in [1.807, 2.05) is 169 Å². The summed E-state index contributed by atoms with van der Waals surface area (Å²) in [5.41, 5.74) is 7.88. The molecule has 8 rings (SSSR count). The van der Waals surface area contributed by atoms with Crippen LogP contribution in [-0.2, 0) is 19.6 Å². The summed E-state index contributed by atoms with van der Waals surface area (Å²) in [5, 5.41) is 0.661. The molecule has 8 aromatic rings. The lowest BCUT2D eigenvalue weighted by molar-refractivity contribution is -0.136. The van der Waals surface area contributed by atoms with Crippen LogP contribution < -0.4 is 0 Å². The molecule has 0 atom stereocenters. The predicted molar refractivity (Wildman–Crippen MR) is 211 cm³/mol. The number of halogens is 3. The van der Waals surface area contributed by atoms with Gasteiger partial charge < -0.3 is 4.57 Å². The van der Waals surface area contributed by atoms with Gasteiger partial charge in [0.2, 0.25) is 0 Å². The highest BCUT2D eigenvalue weighted by Crippen LogP contribution is 2.46. The van der Waals surface area contributed by atoms with Crippen molar-refractivity contribution in [3.05, 3.63) is 215 Å². The molecule has 0 unspecified atom stereocenters. The molecule has 0 aliphatic rings. The third kappa shape index (κ3) is 6.79. The molecule has 1 heterocycles. The van der Waals surface area contributed by atoms with Crippen molar-refractivity contribution in [2.45, 2.75) is 12.6 Å². The molecule has 0 N–H and O–H groups in total. The molecule has 6 heteroatoms. The molecule has 0 fully saturated rings. The smallest absolute Gasteiger partial charge is 0.343 e. The Labute approximate surface area is 306 Å². The first-order chi connectivity index (χ1) is 25.8. The van der Waals surface area contributed by atoms with Gasteiger partial charge >= 0.3 is 6.18 Å². The lowest BCUT2D eigenvalue weighted by Crippen LogP contribution is -2.08. The van der Waals surface area contributed by atoms with Crippen LogP contribution in [0.2, 0.25) is 0 Å². The van der Waals surface area contributed by atoms with Crippen LogP contribution in [0.15, 0.2) is 186 Å². The average Bonchev–Trinajstić information content (AvgIpc) is 3.49. The maximum Gasteiger partial charge on any atom is 0.417 e. The molecule has 53 heavy (non-hydrogen) atoms. The first-order valence-corrected chi connectivity index (χ1v) is 17.4. The summed E-state index contributed by atoms with van der Waals surface area (Å²) in [5.74, 6) is 0. The third-order valence-electron chi connectivity index (χ3n) is 9.52. The van der Waals surface area contributed by atoms with Crippen LogP contribution in [0.3, 0.4) is 0 Å². The van der Waals surface area contributed by atoms with Gasteiger partial charge in [-0.1, -0.05) is 158 Å². The van der Waals surface area contributed by atoms with Gasteiger partial charge in [-0.25, -0.2) is 9.98 Å². The molecule has 7 aromatic carbocycles. The second-order valence-corrected chi connectivity index (χ2v) is 13.0. The van der Waals surface area contributed by atoms with E-state index in [0.29, 0.717) is 39.8 Å². The van der Waals surface area contributed by atoms with Crippen LogP contribution in [0, 0.1) is 0 Å². The minimum atomic E-state index is -4.65. The highest BCUT2D eigenvalue weighted by atomic mass is 19.4. The Hall–Kier alpha value is -6.53. The van der Waals surface area contributed by atoms with E-state index in [4.69, 9.17) is 9.98 Å². The molecule has 3 nitrogen and oxygen atoms in total. The third-order valence-corrected chi connectivity index (χ3v) is 9.52. The Bertz CT molecular complexity index is 2510. The van der Waals surface area contributed by atoms with E-state index in [-0.39, 0.29) is 11.1 Å². The van der Waals surface area contributed by atoms with E-state index < -0.39 is 11.7 Å². The summed E-state index contributed by atoms with van der Waals surface area (Å²) in [6, 6.07) is 55.5. The SMILES string of the molecule is Cn1c2cc(N=C(c3ccccc3)c3ccccc3)ccc2c2c(C(F)(F)F)cc(N=C(c3ccccc3)c3ccccc3)c(Cc3ccccc3)c21. The van der Waals surface area contributed by atoms with Crippen molar-refractivity contribution in [1.29, 1.82) is 0 Å². The molecule has 0 amide bonds. The number of hydrogen-bond donors (Lipinski definition) is 0. The quantitative estimate of drug-likeness (QED) is 0.142. The summed E-state index contributed by atoms with van der Waals surface area (Å²) >= 11 is 0. The van der Waals surface area contributed by atoms with Crippen LogP contribution in [0.5, 0.6) is 0 Å². The van der Waals surface area contributed by atoms with E-state index >= 15 is 13.2 Å². The molecule has 0 aliphatic heterocycles. The Kier molecular flexibility index (Phi) is 9.03. The van der Waals surface area contributed by atoms with Gasteiger partial charge in [0.25, 0.3) is 0 Å². The number of benzene rings is 7. The van der Waals surface area contributed by atoms with E-state index in [2.05, 4.69) is 0 Å². The summed E-state index contributed by atoms with van der Waals surface area (Å²) in [6.07, 6.45) is -4.27. The Balaban J connectivity index is 1.42. The number of aryl methyl sites for hydroxylation is 1. The van der Waals surface area contributed by atoms with E-state index in [9.17, 15) is 0 Å². The molecular formula is C47H34F3N3. The Morgan fingerprint density at radius 2 is 1.00 bits per heavy atom. The van der Waals surface area contributed by atoms with Gasteiger partial charge in [-0.3, -0.25) is 0 Å².